The Morgan fingerprint density at radius 1 is 0.831 bits per heavy atom. The molecule has 3 N–H and O–H groups in total. The fourth-order valence-electron chi connectivity index (χ4n) is 10.8. The number of amides is 2. The molecule has 8 nitrogen and oxygen atoms in total. The number of hydrogen-bond donors (Lipinski definition) is 3. The number of nitrogens with zero attached hydrogens (tertiary/aromatic N) is 2. The maximum Gasteiger partial charge on any atom is 0.261 e. The standard InChI is InChI=1S/C55H61BrN2O6Si/c1-55(2,3)65(45-20-12-6-13-21-45,46-22-14-7-15-23-46)64-37-42-34-47-52(54(63)58(53(47)62)44-28-30-57(31-29-44)35-38-16-8-4-9-17-38)48(36-59)51(42)50(61)26-24-40(39-18-10-5-11-19-39)32-41-33-43(56)25-27-49(41)60/h4-23,25,27,32-33,44,47-48,50,52,59-61H,24,26,28-31,34-37H2,1-3H3/b40-32-/t47-,48+,50-,52-/m1/s1. The Labute approximate surface area is 393 Å². The number of halogens is 1. The minimum Gasteiger partial charge on any atom is -0.507 e. The average molecular weight is 954 g/mol. The van der Waals surface area contributed by atoms with Gasteiger partial charge in [-0.15, -0.1) is 0 Å². The molecule has 3 aliphatic rings. The number of allylic oxidation sites excluding steroid dienone is 1. The second-order valence-electron chi connectivity index (χ2n) is 19.0. The van der Waals surface area contributed by atoms with Gasteiger partial charge in [-0.25, -0.2) is 0 Å². The maximum atomic E-state index is 14.8. The smallest absolute Gasteiger partial charge is 0.261 e. The van der Waals surface area contributed by atoms with Crippen LogP contribution in [-0.4, -0.2) is 83.7 Å². The third-order valence-corrected chi connectivity index (χ3v) is 19.5. The van der Waals surface area contributed by atoms with Crippen LogP contribution in [0.5, 0.6) is 5.75 Å². The lowest BCUT2D eigenvalue weighted by Crippen LogP contribution is -2.66. The summed E-state index contributed by atoms with van der Waals surface area (Å²) in [6.07, 6.45) is 3.21. The van der Waals surface area contributed by atoms with Crippen LogP contribution in [0.25, 0.3) is 11.6 Å². The van der Waals surface area contributed by atoms with E-state index in [-0.39, 0.29) is 48.1 Å². The van der Waals surface area contributed by atoms with E-state index in [4.69, 9.17) is 4.43 Å². The summed E-state index contributed by atoms with van der Waals surface area (Å²) in [6, 6.07) is 46.1. The minimum atomic E-state index is -3.08. The van der Waals surface area contributed by atoms with Crippen LogP contribution < -0.4 is 10.4 Å². The number of fused-ring (bicyclic) bond motifs is 1. The molecule has 4 atom stereocenters. The normalized spacial score (nSPS) is 20.6. The number of likely N-dealkylation sites (tertiary alicyclic amines) is 2. The third-order valence-electron chi connectivity index (χ3n) is 14.0. The van der Waals surface area contributed by atoms with Gasteiger partial charge in [-0.2, -0.15) is 0 Å². The summed E-state index contributed by atoms with van der Waals surface area (Å²) in [7, 11) is -3.08. The molecule has 0 unspecified atom stereocenters. The first-order valence-electron chi connectivity index (χ1n) is 23.0. The summed E-state index contributed by atoms with van der Waals surface area (Å²) >= 11 is 3.55. The van der Waals surface area contributed by atoms with E-state index in [1.54, 1.807) is 12.1 Å². The van der Waals surface area contributed by atoms with Gasteiger partial charge >= 0.3 is 0 Å². The second-order valence-corrected chi connectivity index (χ2v) is 24.2. The van der Waals surface area contributed by atoms with Gasteiger partial charge in [-0.3, -0.25) is 19.4 Å². The summed E-state index contributed by atoms with van der Waals surface area (Å²) in [5, 5.41) is 36.9. The molecule has 8 rings (SSSR count). The zero-order chi connectivity index (χ0) is 45.7. The SMILES string of the molecule is CC(C)(C)[Si](OCC1=C([C@H](O)CC/C(=C/c2cc(Br)ccc2O)c2ccccc2)[C@H](CO)[C@@H]2C(=O)N(C3CCN(Cc4ccccc4)CC3)C(=O)[C@@H]2C1)(c1ccccc1)c1ccccc1. The maximum absolute atomic E-state index is 14.8. The van der Waals surface area contributed by atoms with Crippen LogP contribution in [0.2, 0.25) is 5.04 Å². The number of aromatic hydroxyl groups is 1. The van der Waals surface area contributed by atoms with Crippen LogP contribution in [0.15, 0.2) is 155 Å². The predicted molar refractivity (Wildman–Crippen MR) is 265 cm³/mol. The molecule has 1 aliphatic carbocycles. The van der Waals surface area contributed by atoms with Gasteiger partial charge in [0, 0.05) is 41.6 Å². The Morgan fingerprint density at radius 2 is 1.42 bits per heavy atom. The largest absolute Gasteiger partial charge is 0.507 e. The van der Waals surface area contributed by atoms with Crippen molar-refractivity contribution in [3.05, 3.63) is 172 Å². The molecule has 5 aromatic rings. The highest BCUT2D eigenvalue weighted by atomic mass is 79.9. The van der Waals surface area contributed by atoms with Crippen molar-refractivity contribution in [1.82, 2.24) is 9.80 Å². The summed E-state index contributed by atoms with van der Waals surface area (Å²) in [5.74, 6) is -2.53. The predicted octanol–water partition coefficient (Wildman–Crippen LogP) is 8.99. The quantitative estimate of drug-likeness (QED) is 0.0416. The first-order chi connectivity index (χ1) is 31.4. The number of hydrogen-bond acceptors (Lipinski definition) is 7. The molecule has 65 heavy (non-hydrogen) atoms. The molecule has 2 saturated heterocycles. The van der Waals surface area contributed by atoms with E-state index in [0.29, 0.717) is 30.4 Å². The van der Waals surface area contributed by atoms with Crippen molar-refractivity contribution in [2.45, 2.75) is 76.6 Å². The van der Waals surface area contributed by atoms with Crippen molar-refractivity contribution in [3.63, 3.8) is 0 Å². The number of benzene rings is 5. The van der Waals surface area contributed by atoms with Crippen LogP contribution in [0.4, 0.5) is 0 Å². The van der Waals surface area contributed by atoms with Gasteiger partial charge in [-0.05, 0) is 99.6 Å². The summed E-state index contributed by atoms with van der Waals surface area (Å²) in [4.78, 5) is 33.5. The number of phenolic OH excluding ortho intramolecular Hbond substituents is 1. The number of carbonyl (C=O) groups is 2. The number of piperidine rings is 1. The van der Waals surface area contributed by atoms with E-state index < -0.39 is 38.8 Å². The summed E-state index contributed by atoms with van der Waals surface area (Å²) in [6.45, 7) is 8.75. The van der Waals surface area contributed by atoms with Gasteiger partial charge in [0.05, 0.1) is 31.2 Å². The molecule has 5 aromatic carbocycles. The molecule has 2 amide bonds. The molecule has 0 bridgehead atoms. The van der Waals surface area contributed by atoms with E-state index in [2.05, 4.69) is 78.0 Å². The Hall–Kier alpha value is -4.94. The van der Waals surface area contributed by atoms with Gasteiger partial charge in [0.2, 0.25) is 11.8 Å². The fraction of sp³-hybridized carbons (Fsp3) is 0.345. The van der Waals surface area contributed by atoms with Crippen molar-refractivity contribution in [3.8, 4) is 5.75 Å². The van der Waals surface area contributed by atoms with Crippen molar-refractivity contribution >= 4 is 58.1 Å². The Morgan fingerprint density at radius 3 is 2.00 bits per heavy atom. The molecule has 10 heteroatoms. The van der Waals surface area contributed by atoms with Crippen molar-refractivity contribution in [2.24, 2.45) is 17.8 Å². The highest BCUT2D eigenvalue weighted by Crippen LogP contribution is 2.48. The Balaban J connectivity index is 1.15. The Bertz CT molecular complexity index is 2450. The summed E-state index contributed by atoms with van der Waals surface area (Å²) in [5.41, 5.74) is 5.12. The third kappa shape index (κ3) is 9.80. The van der Waals surface area contributed by atoms with Gasteiger partial charge < -0.3 is 19.7 Å². The zero-order valence-corrected chi connectivity index (χ0v) is 40.2. The number of rotatable bonds is 15. The molecule has 0 aromatic heterocycles. The molecule has 0 saturated carbocycles. The minimum absolute atomic E-state index is 0.131. The molecule has 0 radical (unpaired) electrons. The molecular weight excluding hydrogens is 893 g/mol. The summed E-state index contributed by atoms with van der Waals surface area (Å²) < 4.78 is 8.35. The first-order valence-corrected chi connectivity index (χ1v) is 25.7. The topological polar surface area (TPSA) is 111 Å². The molecule has 2 fully saturated rings. The van der Waals surface area contributed by atoms with Crippen LogP contribution in [-0.2, 0) is 20.6 Å². The highest BCUT2D eigenvalue weighted by Gasteiger charge is 2.57. The van der Waals surface area contributed by atoms with Crippen molar-refractivity contribution in [2.75, 3.05) is 26.3 Å². The second kappa shape index (κ2) is 20.3. The molecule has 0 spiro atoms. The average Bonchev–Trinajstić information content (AvgIpc) is 3.57. The van der Waals surface area contributed by atoms with Crippen molar-refractivity contribution in [1.29, 1.82) is 0 Å². The molecular formula is C55H61BrN2O6Si. The van der Waals surface area contributed by atoms with Gasteiger partial charge in [0.25, 0.3) is 8.32 Å². The lowest BCUT2D eigenvalue weighted by molar-refractivity contribution is -0.144. The van der Waals surface area contributed by atoms with Crippen LogP contribution in [0, 0.1) is 17.8 Å². The van der Waals surface area contributed by atoms with E-state index in [1.807, 2.05) is 97.1 Å². The van der Waals surface area contributed by atoms with Crippen LogP contribution in [0.1, 0.15) is 69.6 Å². The first kappa shape index (κ1) is 46.6. The van der Waals surface area contributed by atoms with E-state index in [0.717, 1.165) is 51.2 Å². The van der Waals surface area contributed by atoms with E-state index in [1.165, 1.54) is 10.5 Å². The zero-order valence-electron chi connectivity index (χ0n) is 37.7. The number of imide groups is 1. The van der Waals surface area contributed by atoms with Crippen LogP contribution in [0.3, 0.4) is 0 Å². The van der Waals surface area contributed by atoms with Gasteiger partial charge in [0.1, 0.15) is 5.75 Å². The molecule has 2 heterocycles. The lowest BCUT2D eigenvalue weighted by Gasteiger charge is -2.44. The highest BCUT2D eigenvalue weighted by molar-refractivity contribution is 9.10. The number of phenols is 1. The molecule has 2 aliphatic heterocycles. The monoisotopic (exact) mass is 952 g/mol. The van der Waals surface area contributed by atoms with E-state index >= 15 is 0 Å². The van der Waals surface area contributed by atoms with Crippen LogP contribution >= 0.6 is 15.9 Å². The fourth-order valence-corrected chi connectivity index (χ4v) is 15.8. The number of aliphatic hydroxyl groups is 2. The van der Waals surface area contributed by atoms with Crippen molar-refractivity contribution < 1.29 is 29.3 Å². The number of carbonyl (C=O) groups excluding carboxylic acids is 2. The molecule has 338 valence electrons. The van der Waals surface area contributed by atoms with Gasteiger partial charge in [0.15, 0.2) is 0 Å². The lowest BCUT2D eigenvalue weighted by atomic mass is 9.68. The van der Waals surface area contributed by atoms with E-state index in [9.17, 15) is 24.9 Å². The van der Waals surface area contributed by atoms with Gasteiger partial charge in [-0.1, -0.05) is 158 Å². The Kier molecular flexibility index (Phi) is 14.5. The number of aliphatic hydroxyl groups excluding tert-OH is 2.